The molecule has 1 aliphatic carbocycles. The van der Waals surface area contributed by atoms with Crippen LogP contribution in [0.5, 0.6) is 0 Å². The summed E-state index contributed by atoms with van der Waals surface area (Å²) in [5.74, 6) is 0.322. The molecule has 0 saturated heterocycles. The molecule has 0 radical (unpaired) electrons. The highest BCUT2D eigenvalue weighted by Crippen LogP contribution is 2.24. The van der Waals surface area contributed by atoms with Gasteiger partial charge in [-0.1, -0.05) is 12.8 Å². The van der Waals surface area contributed by atoms with Gasteiger partial charge in [0.25, 0.3) is 0 Å². The highest BCUT2D eigenvalue weighted by atomic mass is 15.3. The number of pyridine rings is 1. The second-order valence-electron chi connectivity index (χ2n) is 4.77. The van der Waals surface area contributed by atoms with Crippen molar-refractivity contribution in [1.82, 2.24) is 14.6 Å². The molecule has 1 saturated carbocycles. The lowest BCUT2D eigenvalue weighted by molar-refractivity contribution is 0.752. The van der Waals surface area contributed by atoms with Crippen molar-refractivity contribution in [3.8, 4) is 0 Å². The van der Waals surface area contributed by atoms with Gasteiger partial charge in [-0.25, -0.2) is 4.52 Å². The van der Waals surface area contributed by atoms with E-state index >= 15 is 0 Å². The van der Waals surface area contributed by atoms with Gasteiger partial charge in [-0.3, -0.25) is 0 Å². The molecule has 0 spiro atoms. The molecule has 0 atom stereocenters. The van der Waals surface area contributed by atoms with Gasteiger partial charge in [0, 0.05) is 6.04 Å². The van der Waals surface area contributed by atoms with Gasteiger partial charge in [-0.05, 0) is 31.4 Å². The van der Waals surface area contributed by atoms with E-state index in [4.69, 9.17) is 5.73 Å². The first-order valence-electron chi connectivity index (χ1n) is 6.11. The number of nitrogen functional groups attached to an aromatic ring is 1. The summed E-state index contributed by atoms with van der Waals surface area (Å²) < 4.78 is 1.74. The Kier molecular flexibility index (Phi) is 2.39. The molecule has 0 amide bonds. The maximum absolute atomic E-state index is 5.59. The zero-order valence-corrected chi connectivity index (χ0v) is 9.98. The number of hydrogen-bond acceptors (Lipinski definition) is 4. The zero-order valence-electron chi connectivity index (χ0n) is 9.98. The van der Waals surface area contributed by atoms with Crippen LogP contribution in [0.1, 0.15) is 31.2 Å². The van der Waals surface area contributed by atoms with Crippen molar-refractivity contribution in [2.45, 2.75) is 38.6 Å². The minimum Gasteiger partial charge on any atom is -0.381 e. The summed E-state index contributed by atoms with van der Waals surface area (Å²) in [5.41, 5.74) is 8.72. The molecular weight excluding hydrogens is 214 g/mol. The quantitative estimate of drug-likeness (QED) is 0.829. The average molecular weight is 231 g/mol. The molecule has 0 aliphatic heterocycles. The molecule has 3 N–H and O–H groups in total. The molecule has 90 valence electrons. The minimum absolute atomic E-state index is 0.322. The first kappa shape index (κ1) is 10.4. The molecule has 5 nitrogen and oxygen atoms in total. The van der Waals surface area contributed by atoms with Gasteiger partial charge in [0.2, 0.25) is 5.95 Å². The molecule has 5 heteroatoms. The smallest absolute Gasteiger partial charge is 0.240 e. The number of rotatable bonds is 2. The number of anilines is 2. The fourth-order valence-corrected chi connectivity index (χ4v) is 2.48. The third-order valence-electron chi connectivity index (χ3n) is 3.41. The predicted octanol–water partition coefficient (Wildman–Crippen LogP) is 1.97. The lowest BCUT2D eigenvalue weighted by Crippen LogP contribution is -2.15. The first-order chi connectivity index (χ1) is 8.22. The Morgan fingerprint density at radius 1 is 1.41 bits per heavy atom. The van der Waals surface area contributed by atoms with Crippen molar-refractivity contribution in [3.63, 3.8) is 0 Å². The highest BCUT2D eigenvalue weighted by Gasteiger charge is 2.15. The summed E-state index contributed by atoms with van der Waals surface area (Å²) in [6.07, 6.45) is 7.16. The summed E-state index contributed by atoms with van der Waals surface area (Å²) in [4.78, 5) is 4.15. The summed E-state index contributed by atoms with van der Waals surface area (Å²) in [6, 6.07) is 2.62. The Bertz CT molecular complexity index is 539. The third-order valence-corrected chi connectivity index (χ3v) is 3.41. The molecule has 0 aromatic carbocycles. The Morgan fingerprint density at radius 3 is 2.94 bits per heavy atom. The van der Waals surface area contributed by atoms with E-state index in [2.05, 4.69) is 22.3 Å². The maximum Gasteiger partial charge on any atom is 0.240 e. The molecular formula is C12H17N5. The highest BCUT2D eigenvalue weighted by molar-refractivity contribution is 5.57. The van der Waals surface area contributed by atoms with Crippen LogP contribution in [-0.4, -0.2) is 20.6 Å². The van der Waals surface area contributed by atoms with Crippen LogP contribution in [-0.2, 0) is 0 Å². The van der Waals surface area contributed by atoms with Crippen LogP contribution in [0.25, 0.3) is 5.65 Å². The Morgan fingerprint density at radius 2 is 2.18 bits per heavy atom. The van der Waals surface area contributed by atoms with Crippen LogP contribution in [0.3, 0.4) is 0 Å². The second kappa shape index (κ2) is 3.91. The molecule has 17 heavy (non-hydrogen) atoms. The van der Waals surface area contributed by atoms with Gasteiger partial charge in [0.15, 0.2) is 5.65 Å². The van der Waals surface area contributed by atoms with E-state index in [1.165, 1.54) is 31.2 Å². The molecule has 2 heterocycles. The van der Waals surface area contributed by atoms with E-state index in [1.54, 1.807) is 4.52 Å². The van der Waals surface area contributed by atoms with Gasteiger partial charge in [-0.2, -0.15) is 4.98 Å². The van der Waals surface area contributed by atoms with Crippen LogP contribution >= 0.6 is 0 Å². The normalized spacial score (nSPS) is 16.8. The fraction of sp³-hybridized carbons (Fsp3) is 0.500. The van der Waals surface area contributed by atoms with Crippen molar-refractivity contribution < 1.29 is 0 Å². The van der Waals surface area contributed by atoms with Crippen LogP contribution in [0.2, 0.25) is 0 Å². The molecule has 0 unspecified atom stereocenters. The number of nitrogens with zero attached hydrogens (tertiary/aromatic N) is 3. The molecule has 1 aliphatic rings. The van der Waals surface area contributed by atoms with Crippen LogP contribution in [0.15, 0.2) is 12.3 Å². The van der Waals surface area contributed by atoms with E-state index in [0.717, 1.165) is 11.3 Å². The average Bonchev–Trinajstić information content (AvgIpc) is 2.87. The van der Waals surface area contributed by atoms with Gasteiger partial charge in [0.05, 0.1) is 11.9 Å². The van der Waals surface area contributed by atoms with Crippen LogP contribution < -0.4 is 11.1 Å². The van der Waals surface area contributed by atoms with E-state index < -0.39 is 0 Å². The predicted molar refractivity (Wildman–Crippen MR) is 68.0 cm³/mol. The van der Waals surface area contributed by atoms with E-state index in [1.807, 2.05) is 12.3 Å². The van der Waals surface area contributed by atoms with Crippen LogP contribution in [0, 0.1) is 6.92 Å². The van der Waals surface area contributed by atoms with Gasteiger partial charge in [-0.15, -0.1) is 5.10 Å². The molecule has 0 bridgehead atoms. The fourth-order valence-electron chi connectivity index (χ4n) is 2.48. The standard InChI is InChI=1S/C12H17N5/c1-8-6-11-15-12(13)16-17(11)7-10(8)14-9-4-2-3-5-9/h6-7,9,14H,2-5H2,1H3,(H2,13,16). The van der Waals surface area contributed by atoms with E-state index in [-0.39, 0.29) is 0 Å². The number of nitrogens with one attached hydrogen (secondary N) is 1. The monoisotopic (exact) mass is 231 g/mol. The van der Waals surface area contributed by atoms with E-state index in [9.17, 15) is 0 Å². The van der Waals surface area contributed by atoms with Crippen molar-refractivity contribution in [2.24, 2.45) is 0 Å². The lowest BCUT2D eigenvalue weighted by atomic mass is 10.2. The number of aromatic nitrogens is 3. The van der Waals surface area contributed by atoms with Crippen molar-refractivity contribution in [2.75, 3.05) is 11.1 Å². The first-order valence-corrected chi connectivity index (χ1v) is 6.11. The largest absolute Gasteiger partial charge is 0.381 e. The Balaban J connectivity index is 1.94. The number of nitrogens with two attached hydrogens (primary N) is 1. The van der Waals surface area contributed by atoms with Crippen LogP contribution in [0.4, 0.5) is 11.6 Å². The molecule has 3 rings (SSSR count). The maximum atomic E-state index is 5.59. The molecule has 1 fully saturated rings. The van der Waals surface area contributed by atoms with Crippen molar-refractivity contribution >= 4 is 17.3 Å². The number of fused-ring (bicyclic) bond motifs is 1. The number of hydrogen-bond donors (Lipinski definition) is 2. The van der Waals surface area contributed by atoms with Gasteiger partial charge < -0.3 is 11.1 Å². The Labute approximate surface area is 100 Å². The van der Waals surface area contributed by atoms with Crippen molar-refractivity contribution in [1.29, 1.82) is 0 Å². The summed E-state index contributed by atoms with van der Waals surface area (Å²) >= 11 is 0. The van der Waals surface area contributed by atoms with Gasteiger partial charge in [0.1, 0.15) is 0 Å². The molecule has 2 aromatic heterocycles. The lowest BCUT2D eigenvalue weighted by Gasteiger charge is -2.15. The zero-order chi connectivity index (χ0) is 11.8. The minimum atomic E-state index is 0.322. The van der Waals surface area contributed by atoms with E-state index in [0.29, 0.717) is 12.0 Å². The SMILES string of the molecule is Cc1cc2nc(N)nn2cc1NC1CCCC1. The Hall–Kier alpha value is -1.78. The second-order valence-corrected chi connectivity index (χ2v) is 4.77. The third kappa shape index (κ3) is 1.92. The van der Waals surface area contributed by atoms with Gasteiger partial charge >= 0.3 is 0 Å². The van der Waals surface area contributed by atoms with Crippen molar-refractivity contribution in [3.05, 3.63) is 17.8 Å². The summed E-state index contributed by atoms with van der Waals surface area (Å²) in [6.45, 7) is 2.09. The molecule has 2 aromatic rings. The number of aryl methyl sites for hydroxylation is 1. The summed E-state index contributed by atoms with van der Waals surface area (Å²) in [7, 11) is 0. The summed E-state index contributed by atoms with van der Waals surface area (Å²) in [5, 5.41) is 7.71. The topological polar surface area (TPSA) is 68.2 Å².